The number of aliphatic hydroxyl groups excluding tert-OH is 2. The van der Waals surface area contributed by atoms with Gasteiger partial charge in [0, 0.05) is 19.6 Å². The predicted octanol–water partition coefficient (Wildman–Crippen LogP) is 8.30. The van der Waals surface area contributed by atoms with Crippen molar-refractivity contribution in [2.75, 3.05) is 45.9 Å². The molecule has 1 aromatic carbocycles. The molecule has 50 heavy (non-hydrogen) atoms. The number of fused-ring (bicyclic) bond motifs is 7. The number of rotatable bonds is 13. The lowest BCUT2D eigenvalue weighted by atomic mass is 9.32. The molecule has 9 unspecified atom stereocenters. The highest BCUT2D eigenvalue weighted by molar-refractivity contribution is 5.88. The lowest BCUT2D eigenvalue weighted by Gasteiger charge is -2.72. The van der Waals surface area contributed by atoms with Crippen molar-refractivity contribution in [2.45, 2.75) is 106 Å². The van der Waals surface area contributed by atoms with Crippen LogP contribution in [-0.2, 0) is 0 Å². The summed E-state index contributed by atoms with van der Waals surface area (Å²) in [6, 6.07) is 7.61. The Labute approximate surface area is 303 Å². The van der Waals surface area contributed by atoms with Gasteiger partial charge in [0.25, 0.3) is 0 Å². The molecule has 5 aliphatic rings. The summed E-state index contributed by atoms with van der Waals surface area (Å²) in [5.41, 5.74) is 5.56. The van der Waals surface area contributed by atoms with Crippen LogP contribution in [0.5, 0.6) is 0 Å². The van der Waals surface area contributed by atoms with Crippen LogP contribution in [0.15, 0.2) is 42.5 Å². The number of benzene rings is 1. The van der Waals surface area contributed by atoms with Crippen molar-refractivity contribution in [1.82, 2.24) is 10.2 Å². The zero-order valence-electron chi connectivity index (χ0n) is 32.2. The van der Waals surface area contributed by atoms with Gasteiger partial charge in [0.05, 0.1) is 18.8 Å². The third-order valence-corrected chi connectivity index (χ3v) is 16.4. The number of aliphatic hydroxyl groups is 2. The third kappa shape index (κ3) is 6.06. The fourth-order valence-corrected chi connectivity index (χ4v) is 13.9. The monoisotopic (exact) mass is 689 g/mol. The van der Waals surface area contributed by atoms with Crippen LogP contribution in [0.25, 0.3) is 5.57 Å². The molecule has 278 valence electrons. The van der Waals surface area contributed by atoms with E-state index in [0.29, 0.717) is 58.6 Å². The van der Waals surface area contributed by atoms with E-state index in [1.807, 2.05) is 12.1 Å². The number of nitrogens with one attached hydrogen (secondary N) is 1. The van der Waals surface area contributed by atoms with Crippen molar-refractivity contribution in [3.05, 3.63) is 53.6 Å². The number of carbonyl (C=O) groups is 1. The van der Waals surface area contributed by atoms with Crippen molar-refractivity contribution in [3.63, 3.8) is 0 Å². The predicted molar refractivity (Wildman–Crippen MR) is 204 cm³/mol. The van der Waals surface area contributed by atoms with Gasteiger partial charge in [-0.3, -0.25) is 4.90 Å². The van der Waals surface area contributed by atoms with E-state index in [1.165, 1.54) is 68.1 Å². The van der Waals surface area contributed by atoms with Crippen molar-refractivity contribution in [3.8, 4) is 0 Å². The zero-order valence-corrected chi connectivity index (χ0v) is 32.2. The van der Waals surface area contributed by atoms with Crippen LogP contribution >= 0.6 is 0 Å². The maximum atomic E-state index is 11.6. The zero-order chi connectivity index (χ0) is 36.1. The molecule has 0 aliphatic heterocycles. The molecule has 0 spiro atoms. The van der Waals surface area contributed by atoms with Crippen LogP contribution < -0.4 is 5.32 Å². The average molecular weight is 689 g/mol. The summed E-state index contributed by atoms with van der Waals surface area (Å²) in [5.74, 6) is 2.46. The van der Waals surface area contributed by atoms with Crippen LogP contribution in [-0.4, -0.2) is 72.1 Å². The first-order chi connectivity index (χ1) is 23.7. The Bertz CT molecular complexity index is 1430. The Balaban J connectivity index is 1.23. The molecule has 4 N–H and O–H groups in total. The molecule has 9 atom stereocenters. The fraction of sp³-hybridized carbons (Fsp3) is 0.750. The quantitative estimate of drug-likeness (QED) is 0.123. The molecule has 0 heterocycles. The van der Waals surface area contributed by atoms with Crippen LogP contribution in [0.2, 0.25) is 0 Å². The van der Waals surface area contributed by atoms with Crippen LogP contribution in [0.3, 0.4) is 0 Å². The van der Waals surface area contributed by atoms with Gasteiger partial charge in [0.2, 0.25) is 0 Å². The molecule has 5 aliphatic carbocycles. The van der Waals surface area contributed by atoms with Crippen LogP contribution in [0, 0.1) is 56.7 Å². The number of allylic oxidation sites excluding steroid dienone is 3. The SMILES string of the molecule is C=C(C)C1CCC2(CNCCCN(CCO)CCO)CCC3(C)C(CCC4C5(C)CC=C(c6ccc(C(=O)O)cc6)C(C)(C)C5CCC43C)C12. The molecule has 4 saturated carbocycles. The summed E-state index contributed by atoms with van der Waals surface area (Å²) in [6.07, 6.45) is 15.1. The summed E-state index contributed by atoms with van der Waals surface area (Å²) in [6.45, 7) is 24.5. The Morgan fingerprint density at radius 3 is 2.22 bits per heavy atom. The van der Waals surface area contributed by atoms with Crippen LogP contribution in [0.1, 0.15) is 122 Å². The molecular formula is C44H68N2O4. The minimum absolute atomic E-state index is 0.0218. The Morgan fingerprint density at radius 2 is 1.58 bits per heavy atom. The summed E-state index contributed by atoms with van der Waals surface area (Å²) in [7, 11) is 0. The molecule has 1 aromatic rings. The third-order valence-electron chi connectivity index (χ3n) is 16.4. The number of nitrogens with zero attached hydrogens (tertiary/aromatic N) is 1. The summed E-state index contributed by atoms with van der Waals surface area (Å²) in [4.78, 5) is 13.7. The summed E-state index contributed by atoms with van der Waals surface area (Å²) >= 11 is 0. The van der Waals surface area contributed by atoms with Crippen molar-refractivity contribution >= 4 is 11.5 Å². The molecule has 0 saturated heterocycles. The van der Waals surface area contributed by atoms with Gasteiger partial charge in [-0.05, 0) is 164 Å². The second-order valence-corrected chi connectivity index (χ2v) is 18.8. The van der Waals surface area contributed by atoms with E-state index in [1.54, 1.807) is 12.1 Å². The van der Waals surface area contributed by atoms with Gasteiger partial charge < -0.3 is 20.6 Å². The van der Waals surface area contributed by atoms with E-state index < -0.39 is 5.97 Å². The number of hydrogen-bond donors (Lipinski definition) is 4. The smallest absolute Gasteiger partial charge is 0.335 e. The average Bonchev–Trinajstić information content (AvgIpc) is 3.45. The van der Waals surface area contributed by atoms with Crippen molar-refractivity contribution in [2.24, 2.45) is 56.7 Å². The Kier molecular flexibility index (Phi) is 10.6. The normalized spacial score (nSPS) is 38.8. The highest BCUT2D eigenvalue weighted by atomic mass is 16.4. The fourth-order valence-electron chi connectivity index (χ4n) is 13.9. The van der Waals surface area contributed by atoms with E-state index in [9.17, 15) is 20.1 Å². The van der Waals surface area contributed by atoms with Gasteiger partial charge in [-0.15, -0.1) is 0 Å². The summed E-state index contributed by atoms with van der Waals surface area (Å²) < 4.78 is 0. The molecule has 0 amide bonds. The molecule has 0 aromatic heterocycles. The maximum Gasteiger partial charge on any atom is 0.335 e. The molecule has 6 heteroatoms. The minimum Gasteiger partial charge on any atom is -0.478 e. The first kappa shape index (κ1) is 37.8. The number of aromatic carboxylic acids is 1. The minimum atomic E-state index is -0.864. The Morgan fingerprint density at radius 1 is 0.880 bits per heavy atom. The van der Waals surface area contributed by atoms with Gasteiger partial charge in [0.1, 0.15) is 0 Å². The van der Waals surface area contributed by atoms with E-state index in [-0.39, 0.29) is 24.0 Å². The first-order valence-electron chi connectivity index (χ1n) is 20.0. The standard InChI is InChI=1S/C44H68N2O4/c1-30(2)33-15-20-44(29-45-23-8-24-46(25-27-47)26-28-48)22-21-42(6)35(38(33)44)13-14-37-41(5)18-16-34(31-9-11-32(12-10-31)39(49)50)40(3,4)36(41)17-19-43(37,42)7/h9-12,16,33,35-38,45,47-48H,1,8,13-15,17-29H2,2-7H3,(H,49,50). The lowest BCUT2D eigenvalue weighted by Crippen LogP contribution is -2.65. The van der Waals surface area contributed by atoms with Gasteiger partial charge in [-0.2, -0.15) is 0 Å². The molecular weight excluding hydrogens is 620 g/mol. The molecule has 0 radical (unpaired) electrons. The molecule has 0 bridgehead atoms. The van der Waals surface area contributed by atoms with E-state index in [0.717, 1.165) is 38.4 Å². The van der Waals surface area contributed by atoms with Crippen molar-refractivity contribution in [1.29, 1.82) is 0 Å². The van der Waals surface area contributed by atoms with Crippen molar-refractivity contribution < 1.29 is 20.1 Å². The van der Waals surface area contributed by atoms with E-state index >= 15 is 0 Å². The van der Waals surface area contributed by atoms with Gasteiger partial charge in [-0.1, -0.05) is 65.0 Å². The molecule has 6 nitrogen and oxygen atoms in total. The van der Waals surface area contributed by atoms with Crippen LogP contribution in [0.4, 0.5) is 0 Å². The van der Waals surface area contributed by atoms with E-state index in [4.69, 9.17) is 0 Å². The highest BCUT2D eigenvalue weighted by Crippen LogP contribution is 2.77. The Hall–Kier alpha value is -1.99. The van der Waals surface area contributed by atoms with E-state index in [2.05, 4.69) is 64.4 Å². The van der Waals surface area contributed by atoms with Gasteiger partial charge in [-0.25, -0.2) is 4.79 Å². The lowest BCUT2D eigenvalue weighted by molar-refractivity contribution is -0.225. The van der Waals surface area contributed by atoms with Gasteiger partial charge >= 0.3 is 5.97 Å². The first-order valence-corrected chi connectivity index (χ1v) is 20.0. The second-order valence-electron chi connectivity index (χ2n) is 18.8. The maximum absolute atomic E-state index is 11.6. The largest absolute Gasteiger partial charge is 0.478 e. The highest BCUT2D eigenvalue weighted by Gasteiger charge is 2.70. The topological polar surface area (TPSA) is 93.0 Å². The molecule has 4 fully saturated rings. The summed E-state index contributed by atoms with van der Waals surface area (Å²) in [5, 5.41) is 32.3. The number of carboxylic acids is 1. The second kappa shape index (κ2) is 14.1. The van der Waals surface area contributed by atoms with Gasteiger partial charge in [0.15, 0.2) is 0 Å². The number of hydrogen-bond acceptors (Lipinski definition) is 5. The molecule has 6 rings (SSSR count). The number of carboxylic acid groups (broad SMARTS) is 1.